The zero-order valence-electron chi connectivity index (χ0n) is 7.55. The molecule has 0 heterocycles. The molecule has 0 aliphatic heterocycles. The van der Waals surface area contributed by atoms with Gasteiger partial charge in [0.05, 0.1) is 24.8 Å². The van der Waals surface area contributed by atoms with Crippen molar-refractivity contribution >= 4 is 12.6 Å². The van der Waals surface area contributed by atoms with Crippen LogP contribution in [0.4, 0.5) is 0 Å². The summed E-state index contributed by atoms with van der Waals surface area (Å²) in [5, 5.41) is 26.5. The standard InChI is InChI=1S/C9H10BNO3/c11-7-8-2-1-3-9(6-8)10(13)14-5-4-12/h1-3,6,12-13H,4-5H2. The van der Waals surface area contributed by atoms with Crippen LogP contribution < -0.4 is 5.46 Å². The smallest absolute Gasteiger partial charge is 0.423 e. The van der Waals surface area contributed by atoms with Gasteiger partial charge in [0.1, 0.15) is 0 Å². The van der Waals surface area contributed by atoms with Gasteiger partial charge in [0.25, 0.3) is 0 Å². The molecule has 1 aromatic carbocycles. The molecule has 0 atom stereocenters. The van der Waals surface area contributed by atoms with Crippen LogP contribution in [0, 0.1) is 11.3 Å². The maximum atomic E-state index is 9.43. The zero-order valence-corrected chi connectivity index (χ0v) is 7.55. The first-order valence-electron chi connectivity index (χ1n) is 4.18. The summed E-state index contributed by atoms with van der Waals surface area (Å²) < 4.78 is 4.87. The molecular weight excluding hydrogens is 181 g/mol. The van der Waals surface area contributed by atoms with Gasteiger partial charge in [-0.3, -0.25) is 0 Å². The Labute approximate surface area is 82.5 Å². The van der Waals surface area contributed by atoms with Crippen LogP contribution in [0.1, 0.15) is 5.56 Å². The molecule has 5 heteroatoms. The topological polar surface area (TPSA) is 73.5 Å². The molecule has 1 aromatic rings. The third-order valence-electron chi connectivity index (χ3n) is 1.67. The van der Waals surface area contributed by atoms with Gasteiger partial charge in [-0.1, -0.05) is 12.1 Å². The van der Waals surface area contributed by atoms with Gasteiger partial charge in [-0.05, 0) is 17.6 Å². The van der Waals surface area contributed by atoms with E-state index in [2.05, 4.69) is 0 Å². The molecule has 14 heavy (non-hydrogen) atoms. The summed E-state index contributed by atoms with van der Waals surface area (Å²) in [6.45, 7) is -0.0764. The Balaban J connectivity index is 2.70. The Kier molecular flexibility index (Phi) is 4.14. The lowest BCUT2D eigenvalue weighted by molar-refractivity contribution is 0.183. The molecule has 1 rings (SSSR count). The number of aliphatic hydroxyl groups excluding tert-OH is 1. The van der Waals surface area contributed by atoms with E-state index >= 15 is 0 Å². The molecule has 0 aliphatic rings. The van der Waals surface area contributed by atoms with Crippen LogP contribution in [-0.2, 0) is 4.65 Å². The number of aliphatic hydroxyl groups is 1. The monoisotopic (exact) mass is 191 g/mol. The fourth-order valence-electron chi connectivity index (χ4n) is 1.02. The van der Waals surface area contributed by atoms with E-state index in [0.29, 0.717) is 11.0 Å². The first-order valence-corrected chi connectivity index (χ1v) is 4.18. The van der Waals surface area contributed by atoms with E-state index < -0.39 is 7.12 Å². The molecule has 2 N–H and O–H groups in total. The summed E-state index contributed by atoms with van der Waals surface area (Å²) in [6.07, 6.45) is 0. The molecular formula is C9H10BNO3. The van der Waals surface area contributed by atoms with Gasteiger partial charge in [0.15, 0.2) is 0 Å². The van der Waals surface area contributed by atoms with E-state index in [9.17, 15) is 5.02 Å². The van der Waals surface area contributed by atoms with Crippen LogP contribution in [0.2, 0.25) is 0 Å². The quantitative estimate of drug-likeness (QED) is 0.614. The predicted molar refractivity (Wildman–Crippen MR) is 51.8 cm³/mol. The van der Waals surface area contributed by atoms with Gasteiger partial charge in [0, 0.05) is 0 Å². The molecule has 0 bridgehead atoms. The average molecular weight is 191 g/mol. The minimum absolute atomic E-state index is 0.0674. The van der Waals surface area contributed by atoms with Gasteiger partial charge in [0.2, 0.25) is 0 Å². The fraction of sp³-hybridized carbons (Fsp3) is 0.222. The second-order valence-electron chi connectivity index (χ2n) is 2.68. The number of rotatable bonds is 4. The van der Waals surface area contributed by atoms with Crippen molar-refractivity contribution in [1.82, 2.24) is 0 Å². The van der Waals surface area contributed by atoms with Gasteiger partial charge in [-0.25, -0.2) is 0 Å². The lowest BCUT2D eigenvalue weighted by Crippen LogP contribution is -2.34. The molecule has 0 radical (unpaired) electrons. The highest BCUT2D eigenvalue weighted by molar-refractivity contribution is 6.60. The first kappa shape index (κ1) is 10.7. The molecule has 0 spiro atoms. The molecule has 0 aromatic heterocycles. The molecule has 4 nitrogen and oxygen atoms in total. The van der Waals surface area contributed by atoms with Crippen LogP contribution in [-0.4, -0.2) is 30.5 Å². The average Bonchev–Trinajstić information content (AvgIpc) is 2.26. The predicted octanol–water partition coefficient (Wildman–Crippen LogP) is -0.745. The van der Waals surface area contributed by atoms with Crippen LogP contribution in [0.25, 0.3) is 0 Å². The van der Waals surface area contributed by atoms with E-state index in [1.165, 1.54) is 0 Å². The summed E-state index contributed by atoms with van der Waals surface area (Å²) in [6, 6.07) is 8.47. The minimum Gasteiger partial charge on any atom is -0.423 e. The van der Waals surface area contributed by atoms with Gasteiger partial charge in [-0.2, -0.15) is 5.26 Å². The second kappa shape index (κ2) is 5.40. The van der Waals surface area contributed by atoms with E-state index in [1.807, 2.05) is 6.07 Å². The molecule has 0 fully saturated rings. The molecule has 0 saturated carbocycles. The lowest BCUT2D eigenvalue weighted by atomic mass is 9.79. The summed E-state index contributed by atoms with van der Waals surface area (Å²) in [7, 11) is -1.09. The van der Waals surface area contributed by atoms with E-state index in [-0.39, 0.29) is 13.2 Å². The summed E-state index contributed by atoms with van der Waals surface area (Å²) in [4.78, 5) is 0. The second-order valence-corrected chi connectivity index (χ2v) is 2.68. The Morgan fingerprint density at radius 1 is 1.50 bits per heavy atom. The van der Waals surface area contributed by atoms with Crippen molar-refractivity contribution in [3.8, 4) is 6.07 Å². The normalized spacial score (nSPS) is 9.50. The van der Waals surface area contributed by atoms with E-state index in [0.717, 1.165) is 0 Å². The van der Waals surface area contributed by atoms with Crippen LogP contribution in [0.15, 0.2) is 24.3 Å². The van der Waals surface area contributed by atoms with Gasteiger partial charge >= 0.3 is 7.12 Å². The van der Waals surface area contributed by atoms with Crippen molar-refractivity contribution in [1.29, 1.82) is 5.26 Å². The Hall–Kier alpha value is -1.35. The van der Waals surface area contributed by atoms with Crippen molar-refractivity contribution in [2.75, 3.05) is 13.2 Å². The Morgan fingerprint density at radius 3 is 2.93 bits per heavy atom. The van der Waals surface area contributed by atoms with Crippen molar-refractivity contribution < 1.29 is 14.8 Å². The fourth-order valence-corrected chi connectivity index (χ4v) is 1.02. The largest absolute Gasteiger partial charge is 0.491 e. The zero-order chi connectivity index (χ0) is 10.4. The molecule has 0 aliphatic carbocycles. The van der Waals surface area contributed by atoms with Crippen LogP contribution in [0.5, 0.6) is 0 Å². The Bertz CT molecular complexity index is 337. The lowest BCUT2D eigenvalue weighted by Gasteiger charge is -2.06. The Morgan fingerprint density at radius 2 is 2.29 bits per heavy atom. The molecule has 0 unspecified atom stereocenters. The number of nitriles is 1. The van der Waals surface area contributed by atoms with Crippen LogP contribution >= 0.6 is 0 Å². The van der Waals surface area contributed by atoms with E-state index in [1.54, 1.807) is 24.3 Å². The SMILES string of the molecule is N#Cc1cccc(B(O)OCCO)c1. The van der Waals surface area contributed by atoms with Crippen molar-refractivity contribution in [2.45, 2.75) is 0 Å². The third kappa shape index (κ3) is 2.85. The van der Waals surface area contributed by atoms with Crippen molar-refractivity contribution in [3.63, 3.8) is 0 Å². The van der Waals surface area contributed by atoms with Gasteiger partial charge in [-0.15, -0.1) is 0 Å². The molecule has 72 valence electrons. The highest BCUT2D eigenvalue weighted by atomic mass is 16.5. The highest BCUT2D eigenvalue weighted by Gasteiger charge is 2.15. The number of benzene rings is 1. The van der Waals surface area contributed by atoms with Crippen molar-refractivity contribution in [2.24, 2.45) is 0 Å². The molecule has 0 saturated heterocycles. The van der Waals surface area contributed by atoms with Gasteiger partial charge < -0.3 is 14.8 Å². The summed E-state index contributed by atoms with van der Waals surface area (Å²) in [5.74, 6) is 0. The maximum absolute atomic E-state index is 9.43. The summed E-state index contributed by atoms with van der Waals surface area (Å²) >= 11 is 0. The van der Waals surface area contributed by atoms with Crippen molar-refractivity contribution in [3.05, 3.63) is 29.8 Å². The highest BCUT2D eigenvalue weighted by Crippen LogP contribution is 1.95. The third-order valence-corrected chi connectivity index (χ3v) is 1.67. The number of nitrogens with zero attached hydrogens (tertiary/aromatic N) is 1. The van der Waals surface area contributed by atoms with E-state index in [4.69, 9.17) is 15.0 Å². The number of hydrogen-bond donors (Lipinski definition) is 2. The van der Waals surface area contributed by atoms with Crippen LogP contribution in [0.3, 0.4) is 0 Å². The minimum atomic E-state index is -1.09. The summed E-state index contributed by atoms with van der Waals surface area (Å²) in [5.41, 5.74) is 0.978. The molecule has 0 amide bonds. The first-order chi connectivity index (χ1) is 6.77. The maximum Gasteiger partial charge on any atom is 0.491 e. The number of hydrogen-bond acceptors (Lipinski definition) is 4.